The number of Topliss-reactive ketones (excluding diaryl/α,β-unsaturated/α-hetero) is 2. The van der Waals surface area contributed by atoms with Gasteiger partial charge in [-0.2, -0.15) is 0 Å². The smallest absolute Gasteiger partial charge is 0.162 e. The van der Waals surface area contributed by atoms with Crippen molar-refractivity contribution in [2.45, 2.75) is 44.4 Å². The molecular formula is C30H32FNO3. The van der Waals surface area contributed by atoms with Crippen LogP contribution in [0.5, 0.6) is 11.5 Å². The summed E-state index contributed by atoms with van der Waals surface area (Å²) in [4.78, 5) is 27.7. The molecule has 1 heterocycles. The van der Waals surface area contributed by atoms with Gasteiger partial charge in [0.25, 0.3) is 0 Å². The minimum Gasteiger partial charge on any atom is -0.457 e. The molecule has 1 aliphatic heterocycles. The first-order chi connectivity index (χ1) is 17.0. The van der Waals surface area contributed by atoms with Crippen molar-refractivity contribution in [3.05, 3.63) is 95.8 Å². The number of likely N-dealkylation sites (tertiary alicyclic amines) is 1. The Hall–Kier alpha value is -3.31. The Bertz CT molecular complexity index is 1140. The molecule has 1 aliphatic rings. The lowest BCUT2D eigenvalue weighted by molar-refractivity contribution is -0.124. The number of hydrogen-bond donors (Lipinski definition) is 0. The van der Waals surface area contributed by atoms with Crippen LogP contribution in [0.15, 0.2) is 78.9 Å². The molecule has 0 radical (unpaired) electrons. The van der Waals surface area contributed by atoms with E-state index in [1.165, 1.54) is 12.1 Å². The van der Waals surface area contributed by atoms with Gasteiger partial charge >= 0.3 is 0 Å². The number of rotatable bonds is 10. The minimum atomic E-state index is -0.555. The Morgan fingerprint density at radius 3 is 2.23 bits per heavy atom. The van der Waals surface area contributed by atoms with E-state index < -0.39 is 5.41 Å². The minimum absolute atomic E-state index is 0.0502. The van der Waals surface area contributed by atoms with Crippen LogP contribution in [0, 0.1) is 5.82 Å². The van der Waals surface area contributed by atoms with E-state index in [4.69, 9.17) is 4.74 Å². The zero-order valence-electron chi connectivity index (χ0n) is 20.2. The van der Waals surface area contributed by atoms with E-state index in [9.17, 15) is 14.0 Å². The molecular weight excluding hydrogens is 441 g/mol. The van der Waals surface area contributed by atoms with Gasteiger partial charge in [-0.25, -0.2) is 4.39 Å². The Morgan fingerprint density at radius 2 is 1.54 bits per heavy atom. The Labute approximate surface area is 206 Å². The maximum Gasteiger partial charge on any atom is 0.162 e. The molecule has 3 aromatic carbocycles. The van der Waals surface area contributed by atoms with Gasteiger partial charge in [0.2, 0.25) is 0 Å². The van der Waals surface area contributed by atoms with Crippen molar-refractivity contribution in [3.8, 4) is 11.5 Å². The molecule has 1 saturated heterocycles. The molecule has 0 spiro atoms. The monoisotopic (exact) mass is 473 g/mol. The summed E-state index contributed by atoms with van der Waals surface area (Å²) < 4.78 is 19.2. The average molecular weight is 474 g/mol. The van der Waals surface area contributed by atoms with Gasteiger partial charge in [-0.15, -0.1) is 0 Å². The van der Waals surface area contributed by atoms with Gasteiger partial charge in [-0.3, -0.25) is 9.59 Å². The van der Waals surface area contributed by atoms with Crippen LogP contribution in [-0.2, 0) is 10.2 Å². The van der Waals surface area contributed by atoms with Crippen LogP contribution in [0.3, 0.4) is 0 Å². The molecule has 0 amide bonds. The highest BCUT2D eigenvalue weighted by atomic mass is 19.1. The number of unbranched alkanes of at least 4 members (excludes halogenated alkanes) is 1. The molecule has 0 N–H and O–H groups in total. The first kappa shape index (κ1) is 24.8. The van der Waals surface area contributed by atoms with Gasteiger partial charge in [-0.1, -0.05) is 36.4 Å². The molecule has 1 fully saturated rings. The summed E-state index contributed by atoms with van der Waals surface area (Å²) in [5, 5.41) is 0. The van der Waals surface area contributed by atoms with E-state index in [2.05, 4.69) is 4.90 Å². The number of halogens is 1. The number of ketones is 2. The second kappa shape index (κ2) is 11.4. The molecule has 35 heavy (non-hydrogen) atoms. The van der Waals surface area contributed by atoms with Crippen LogP contribution >= 0.6 is 0 Å². The van der Waals surface area contributed by atoms with Crippen molar-refractivity contribution < 1.29 is 18.7 Å². The van der Waals surface area contributed by atoms with Gasteiger partial charge in [0.05, 0.1) is 5.41 Å². The maximum absolute atomic E-state index is 13.1. The average Bonchev–Trinajstić information content (AvgIpc) is 2.88. The number of nitrogens with zero attached hydrogens (tertiary/aromatic N) is 1. The summed E-state index contributed by atoms with van der Waals surface area (Å²) in [6, 6.07) is 23.3. The predicted molar refractivity (Wildman–Crippen MR) is 136 cm³/mol. The fourth-order valence-electron chi connectivity index (χ4n) is 4.94. The van der Waals surface area contributed by atoms with Gasteiger partial charge < -0.3 is 9.64 Å². The highest BCUT2D eigenvalue weighted by molar-refractivity contribution is 5.95. The lowest BCUT2D eigenvalue weighted by Gasteiger charge is -2.41. The molecule has 182 valence electrons. The normalized spacial score (nSPS) is 15.5. The highest BCUT2D eigenvalue weighted by Gasteiger charge is 2.42. The topological polar surface area (TPSA) is 46.6 Å². The lowest BCUT2D eigenvalue weighted by Crippen LogP contribution is -2.46. The van der Waals surface area contributed by atoms with Crippen molar-refractivity contribution in [1.82, 2.24) is 4.90 Å². The van der Waals surface area contributed by atoms with E-state index in [1.807, 2.05) is 54.6 Å². The number of ether oxygens (including phenoxy) is 1. The largest absolute Gasteiger partial charge is 0.457 e. The first-order valence-electron chi connectivity index (χ1n) is 12.3. The van der Waals surface area contributed by atoms with Crippen LogP contribution < -0.4 is 4.74 Å². The number of para-hydroxylation sites is 2. The molecule has 3 aromatic rings. The van der Waals surface area contributed by atoms with E-state index in [0.717, 1.165) is 62.4 Å². The number of carbonyl (C=O) groups excluding carboxylic acids is 2. The SMILES string of the molecule is CC(=O)C1(c2ccccc2Oc2ccccc2)CCN(CCCCC(=O)c2ccc(F)cc2)CC1. The second-order valence-corrected chi connectivity index (χ2v) is 9.28. The van der Waals surface area contributed by atoms with E-state index in [1.54, 1.807) is 19.1 Å². The van der Waals surface area contributed by atoms with Crippen molar-refractivity contribution in [2.75, 3.05) is 19.6 Å². The zero-order chi connectivity index (χ0) is 24.7. The van der Waals surface area contributed by atoms with Crippen LogP contribution in [0.1, 0.15) is 54.9 Å². The molecule has 0 aliphatic carbocycles. The van der Waals surface area contributed by atoms with Crippen LogP contribution in [-0.4, -0.2) is 36.1 Å². The molecule has 0 bridgehead atoms. The highest BCUT2D eigenvalue weighted by Crippen LogP contribution is 2.42. The van der Waals surface area contributed by atoms with Crippen molar-refractivity contribution in [3.63, 3.8) is 0 Å². The lowest BCUT2D eigenvalue weighted by atomic mass is 9.69. The Balaban J connectivity index is 1.34. The molecule has 0 aromatic heterocycles. The maximum atomic E-state index is 13.1. The summed E-state index contributed by atoms with van der Waals surface area (Å²) in [5.74, 6) is 1.39. The van der Waals surface area contributed by atoms with Gasteiger partial charge in [0.1, 0.15) is 23.1 Å². The summed E-state index contributed by atoms with van der Waals surface area (Å²) in [6.07, 6.45) is 3.64. The third-order valence-corrected chi connectivity index (χ3v) is 7.05. The summed E-state index contributed by atoms with van der Waals surface area (Å²) in [6.45, 7) is 4.24. The van der Waals surface area contributed by atoms with Crippen molar-refractivity contribution in [1.29, 1.82) is 0 Å². The molecule has 0 atom stereocenters. The van der Waals surface area contributed by atoms with Crippen molar-refractivity contribution >= 4 is 11.6 Å². The summed E-state index contributed by atoms with van der Waals surface area (Å²) in [5.41, 5.74) is 0.966. The van der Waals surface area contributed by atoms with Crippen LogP contribution in [0.2, 0.25) is 0 Å². The Morgan fingerprint density at radius 1 is 0.886 bits per heavy atom. The molecule has 5 heteroatoms. The van der Waals surface area contributed by atoms with Gasteiger partial charge in [0.15, 0.2) is 5.78 Å². The van der Waals surface area contributed by atoms with Crippen molar-refractivity contribution in [2.24, 2.45) is 0 Å². The predicted octanol–water partition coefficient (Wildman–Crippen LogP) is 6.59. The molecule has 4 rings (SSSR count). The second-order valence-electron chi connectivity index (χ2n) is 9.28. The fraction of sp³-hybridized carbons (Fsp3) is 0.333. The Kier molecular flexibility index (Phi) is 8.09. The van der Waals surface area contributed by atoms with E-state index >= 15 is 0 Å². The van der Waals surface area contributed by atoms with Crippen LogP contribution in [0.25, 0.3) is 0 Å². The zero-order valence-corrected chi connectivity index (χ0v) is 20.2. The van der Waals surface area contributed by atoms with E-state index in [0.29, 0.717) is 12.0 Å². The quantitative estimate of drug-likeness (QED) is 0.246. The van der Waals surface area contributed by atoms with E-state index in [-0.39, 0.29) is 17.4 Å². The first-order valence-corrected chi connectivity index (χ1v) is 12.3. The number of benzene rings is 3. The summed E-state index contributed by atoms with van der Waals surface area (Å²) >= 11 is 0. The number of hydrogen-bond acceptors (Lipinski definition) is 4. The standard InChI is InChI=1S/C30H32FNO3/c1-23(33)30(27-11-5-6-13-29(27)35-26-9-3-2-4-10-26)18-21-32(22-19-30)20-8-7-12-28(34)24-14-16-25(31)17-15-24/h2-6,9-11,13-17H,7-8,12,18-22H2,1H3. The van der Waals surface area contributed by atoms with Crippen LogP contribution in [0.4, 0.5) is 4.39 Å². The third kappa shape index (κ3) is 6.04. The molecule has 0 unspecified atom stereocenters. The number of piperidine rings is 1. The summed E-state index contributed by atoms with van der Waals surface area (Å²) in [7, 11) is 0. The fourth-order valence-corrected chi connectivity index (χ4v) is 4.94. The number of carbonyl (C=O) groups is 2. The molecule has 4 nitrogen and oxygen atoms in total. The van der Waals surface area contributed by atoms with Gasteiger partial charge in [-0.05, 0) is 94.7 Å². The molecule has 0 saturated carbocycles. The van der Waals surface area contributed by atoms with Gasteiger partial charge in [0, 0.05) is 17.5 Å². The third-order valence-electron chi connectivity index (χ3n) is 7.05.